The lowest BCUT2D eigenvalue weighted by atomic mass is 10.1. The van der Waals surface area contributed by atoms with Gasteiger partial charge in [-0.15, -0.1) is 10.2 Å². The van der Waals surface area contributed by atoms with E-state index in [1.807, 2.05) is 19.2 Å². The van der Waals surface area contributed by atoms with Crippen LogP contribution in [-0.4, -0.2) is 56.3 Å². The first-order valence-electron chi connectivity index (χ1n) is 9.16. The summed E-state index contributed by atoms with van der Waals surface area (Å²) in [5.74, 6) is -0.0767. The highest BCUT2D eigenvalue weighted by atomic mass is 16.4. The molecule has 8 heteroatoms. The lowest BCUT2D eigenvalue weighted by Crippen LogP contribution is -2.50. The predicted octanol–water partition coefficient (Wildman–Crippen LogP) is 1.93. The molecule has 0 spiro atoms. The van der Waals surface area contributed by atoms with Gasteiger partial charge < -0.3 is 19.5 Å². The zero-order valence-corrected chi connectivity index (χ0v) is 15.9. The molecule has 0 saturated carbocycles. The molecule has 0 radical (unpaired) electrons. The van der Waals surface area contributed by atoms with E-state index in [0.717, 1.165) is 25.1 Å². The van der Waals surface area contributed by atoms with Gasteiger partial charge >= 0.3 is 5.97 Å². The van der Waals surface area contributed by atoms with Crippen LogP contribution in [0.3, 0.4) is 0 Å². The second-order valence-corrected chi connectivity index (χ2v) is 6.88. The number of carbonyl (C=O) groups excluding carboxylic acids is 1. The van der Waals surface area contributed by atoms with Crippen LogP contribution in [0.25, 0.3) is 0 Å². The minimum Gasteiger partial charge on any atom is -0.480 e. The summed E-state index contributed by atoms with van der Waals surface area (Å²) in [4.78, 5) is 28.2. The molecule has 2 heterocycles. The first-order chi connectivity index (χ1) is 12.9. The van der Waals surface area contributed by atoms with E-state index in [-0.39, 0.29) is 19.0 Å². The molecule has 1 N–H and O–H groups in total. The Bertz CT molecular complexity index is 830. The van der Waals surface area contributed by atoms with Gasteiger partial charge in [0.25, 0.3) is 5.91 Å². The highest BCUT2D eigenvalue weighted by molar-refractivity contribution is 5.97. The molecular weight excluding hydrogens is 346 g/mol. The van der Waals surface area contributed by atoms with E-state index in [1.54, 1.807) is 23.6 Å². The van der Waals surface area contributed by atoms with Crippen LogP contribution in [0.5, 0.6) is 0 Å². The van der Waals surface area contributed by atoms with Gasteiger partial charge in [-0.25, -0.2) is 4.79 Å². The lowest BCUT2D eigenvalue weighted by molar-refractivity contribution is -0.143. The van der Waals surface area contributed by atoms with Crippen molar-refractivity contribution in [2.45, 2.75) is 45.8 Å². The number of hydrogen-bond donors (Lipinski definition) is 1. The van der Waals surface area contributed by atoms with Crippen molar-refractivity contribution in [3.63, 3.8) is 0 Å². The quantitative estimate of drug-likeness (QED) is 0.834. The number of carbonyl (C=O) groups is 2. The number of aryl methyl sites for hydroxylation is 1. The highest BCUT2D eigenvalue weighted by Crippen LogP contribution is 2.22. The van der Waals surface area contributed by atoms with E-state index < -0.39 is 12.0 Å². The number of carboxylic acid groups (broad SMARTS) is 1. The van der Waals surface area contributed by atoms with Crippen molar-refractivity contribution >= 4 is 17.6 Å². The smallest absolute Gasteiger partial charge is 0.328 e. The zero-order valence-electron chi connectivity index (χ0n) is 15.9. The third-order valence-corrected chi connectivity index (χ3v) is 5.00. The third kappa shape index (κ3) is 3.79. The maximum Gasteiger partial charge on any atom is 0.328 e. The molecule has 0 saturated heterocycles. The molecule has 3 rings (SSSR count). The largest absolute Gasteiger partial charge is 0.480 e. The van der Waals surface area contributed by atoms with E-state index in [4.69, 9.17) is 0 Å². The Hall–Kier alpha value is -2.90. The predicted molar refractivity (Wildman–Crippen MR) is 101 cm³/mol. The van der Waals surface area contributed by atoms with Crippen LogP contribution in [-0.2, 0) is 17.9 Å². The highest BCUT2D eigenvalue weighted by Gasteiger charge is 2.36. The van der Waals surface area contributed by atoms with E-state index >= 15 is 0 Å². The molecule has 1 aliphatic heterocycles. The first-order valence-corrected chi connectivity index (χ1v) is 9.16. The molecule has 27 heavy (non-hydrogen) atoms. The Kier molecular flexibility index (Phi) is 5.43. The van der Waals surface area contributed by atoms with E-state index in [9.17, 15) is 14.7 Å². The molecule has 1 atom stereocenters. The lowest BCUT2D eigenvalue weighted by Gasteiger charge is -2.33. The molecule has 1 aromatic heterocycles. The number of benzene rings is 1. The van der Waals surface area contributed by atoms with Crippen LogP contribution >= 0.6 is 0 Å². The summed E-state index contributed by atoms with van der Waals surface area (Å²) in [5.41, 5.74) is 1.50. The number of hydrogen-bond acceptors (Lipinski definition) is 5. The van der Waals surface area contributed by atoms with Gasteiger partial charge in [0.15, 0.2) is 5.82 Å². The van der Waals surface area contributed by atoms with Crippen molar-refractivity contribution in [1.82, 2.24) is 19.7 Å². The van der Waals surface area contributed by atoms with E-state index in [1.165, 1.54) is 4.90 Å². The van der Waals surface area contributed by atoms with Crippen LogP contribution in [0, 0.1) is 6.92 Å². The van der Waals surface area contributed by atoms with Gasteiger partial charge in [0.2, 0.25) is 0 Å². The summed E-state index contributed by atoms with van der Waals surface area (Å²) in [6.45, 7) is 5.17. The first kappa shape index (κ1) is 18.9. The topological polar surface area (TPSA) is 91.6 Å². The Morgan fingerprint density at radius 1 is 1.26 bits per heavy atom. The molecule has 144 valence electrons. The minimum atomic E-state index is -1.03. The molecule has 1 unspecified atom stereocenters. The fourth-order valence-electron chi connectivity index (χ4n) is 3.29. The number of unbranched alkanes of at least 4 members (excludes halogenated alkanes) is 1. The van der Waals surface area contributed by atoms with Crippen molar-refractivity contribution in [2.24, 2.45) is 0 Å². The average molecular weight is 371 g/mol. The van der Waals surface area contributed by atoms with Gasteiger partial charge in [-0.2, -0.15) is 0 Å². The molecule has 1 amide bonds. The van der Waals surface area contributed by atoms with Gasteiger partial charge in [-0.3, -0.25) is 4.79 Å². The maximum atomic E-state index is 13.0. The van der Waals surface area contributed by atoms with Crippen molar-refractivity contribution in [1.29, 1.82) is 0 Å². The molecule has 8 nitrogen and oxygen atoms in total. The summed E-state index contributed by atoms with van der Waals surface area (Å²) in [6.07, 6.45) is 2.22. The summed E-state index contributed by atoms with van der Waals surface area (Å²) < 4.78 is 1.76. The molecule has 0 aliphatic carbocycles. The number of anilines is 1. The summed E-state index contributed by atoms with van der Waals surface area (Å²) in [5, 5.41) is 17.7. The minimum absolute atomic E-state index is 0.134. The van der Waals surface area contributed by atoms with E-state index in [0.29, 0.717) is 17.2 Å². The maximum absolute atomic E-state index is 13.0. The van der Waals surface area contributed by atoms with Crippen LogP contribution < -0.4 is 4.90 Å². The molecule has 0 bridgehead atoms. The van der Waals surface area contributed by atoms with Gasteiger partial charge in [0.1, 0.15) is 11.9 Å². The second kappa shape index (κ2) is 7.77. The third-order valence-electron chi connectivity index (χ3n) is 5.00. The number of amides is 1. The van der Waals surface area contributed by atoms with Gasteiger partial charge in [-0.1, -0.05) is 13.3 Å². The van der Waals surface area contributed by atoms with Gasteiger partial charge in [0.05, 0.1) is 13.1 Å². The van der Waals surface area contributed by atoms with Crippen molar-refractivity contribution in [3.05, 3.63) is 41.5 Å². The van der Waals surface area contributed by atoms with Crippen LogP contribution in [0.2, 0.25) is 0 Å². The average Bonchev–Trinajstić information content (AvgIpc) is 3.04. The van der Waals surface area contributed by atoms with Crippen LogP contribution in [0.15, 0.2) is 24.3 Å². The number of rotatable bonds is 6. The van der Waals surface area contributed by atoms with Gasteiger partial charge in [-0.05, 0) is 37.6 Å². The Balaban J connectivity index is 1.80. The fourth-order valence-corrected chi connectivity index (χ4v) is 3.29. The Morgan fingerprint density at radius 3 is 2.59 bits per heavy atom. The van der Waals surface area contributed by atoms with Crippen molar-refractivity contribution in [3.8, 4) is 0 Å². The molecule has 1 aliphatic rings. The summed E-state index contributed by atoms with van der Waals surface area (Å²) in [7, 11) is 2.02. The molecule has 2 aromatic rings. The standard InChI is InChI=1S/C19H25N5O3/c1-4-5-10-22(3)15-8-6-14(7-9-15)18(25)24-12-17-21-20-13(2)23(17)11-16(24)19(26)27/h6-9,16H,4-5,10-12H2,1-3H3,(H,26,27). The van der Waals surface area contributed by atoms with Crippen LogP contribution in [0.1, 0.15) is 41.8 Å². The van der Waals surface area contributed by atoms with Gasteiger partial charge in [0, 0.05) is 24.8 Å². The number of aliphatic carboxylic acids is 1. The Labute approximate surface area is 158 Å². The Morgan fingerprint density at radius 2 is 1.96 bits per heavy atom. The second-order valence-electron chi connectivity index (χ2n) is 6.88. The zero-order chi connectivity index (χ0) is 19.6. The monoisotopic (exact) mass is 371 g/mol. The molecular formula is C19H25N5O3. The number of aromatic nitrogens is 3. The van der Waals surface area contributed by atoms with Crippen LogP contribution in [0.4, 0.5) is 5.69 Å². The fraction of sp³-hybridized carbons (Fsp3) is 0.474. The molecule has 1 aromatic carbocycles. The number of nitrogens with zero attached hydrogens (tertiary/aromatic N) is 5. The SMILES string of the molecule is CCCCN(C)c1ccc(C(=O)N2Cc3nnc(C)n3CC2C(=O)O)cc1. The normalized spacial score (nSPS) is 16.1. The summed E-state index contributed by atoms with van der Waals surface area (Å²) >= 11 is 0. The molecule has 0 fully saturated rings. The van der Waals surface area contributed by atoms with E-state index in [2.05, 4.69) is 22.0 Å². The van der Waals surface area contributed by atoms with Crippen molar-refractivity contribution in [2.75, 3.05) is 18.5 Å². The number of fused-ring (bicyclic) bond motifs is 1. The summed E-state index contributed by atoms with van der Waals surface area (Å²) in [6, 6.07) is 6.36. The van der Waals surface area contributed by atoms with Crippen molar-refractivity contribution < 1.29 is 14.7 Å². The number of carboxylic acids is 1.